The minimum absolute atomic E-state index is 0.00583. The summed E-state index contributed by atoms with van der Waals surface area (Å²) in [7, 11) is 1.75. The molecule has 0 amide bonds. The third-order valence-electron chi connectivity index (χ3n) is 2.14. The maximum Gasteiger partial charge on any atom is 0.181 e. The first kappa shape index (κ1) is 11.2. The zero-order valence-electron chi connectivity index (χ0n) is 8.17. The van der Waals surface area contributed by atoms with E-state index in [2.05, 4.69) is 21.2 Å². The van der Waals surface area contributed by atoms with E-state index in [1.54, 1.807) is 19.2 Å². The lowest BCUT2D eigenvalue weighted by Crippen LogP contribution is -2.31. The Morgan fingerprint density at radius 2 is 2.21 bits per heavy atom. The van der Waals surface area contributed by atoms with E-state index in [1.807, 2.05) is 13.0 Å². The summed E-state index contributed by atoms with van der Waals surface area (Å²) in [5, 5.41) is 2.89. The zero-order chi connectivity index (χ0) is 10.7. The lowest BCUT2D eigenvalue weighted by atomic mass is 10.0. The number of Topliss-reactive ketones (excluding diaryl/α,β-unsaturated/α-hetero) is 1. The van der Waals surface area contributed by atoms with Gasteiger partial charge in [-0.15, -0.1) is 0 Å². The molecule has 0 aliphatic rings. The van der Waals surface area contributed by atoms with Crippen molar-refractivity contribution < 1.29 is 4.79 Å². The maximum absolute atomic E-state index is 11.8. The number of rotatable bonds is 3. The van der Waals surface area contributed by atoms with Crippen molar-refractivity contribution in [2.75, 3.05) is 12.8 Å². The van der Waals surface area contributed by atoms with Crippen molar-refractivity contribution in [1.29, 1.82) is 0 Å². The zero-order valence-corrected chi connectivity index (χ0v) is 9.76. The Balaban J connectivity index is 3.07. The number of benzene rings is 1. The number of nitrogen functional groups attached to an aromatic ring is 1. The summed E-state index contributed by atoms with van der Waals surface area (Å²) in [4.78, 5) is 11.8. The van der Waals surface area contributed by atoms with E-state index < -0.39 is 0 Å². The number of nitrogens with two attached hydrogens (primary N) is 1. The van der Waals surface area contributed by atoms with Gasteiger partial charge in [-0.3, -0.25) is 4.79 Å². The summed E-state index contributed by atoms with van der Waals surface area (Å²) in [5.74, 6) is 0.00583. The lowest BCUT2D eigenvalue weighted by molar-refractivity contribution is 0.0956. The molecule has 14 heavy (non-hydrogen) atoms. The molecule has 0 radical (unpaired) electrons. The number of carbonyl (C=O) groups excluding carboxylic acids is 1. The molecular formula is C10H13BrN2O. The van der Waals surface area contributed by atoms with Crippen molar-refractivity contribution in [2.45, 2.75) is 13.0 Å². The average Bonchev–Trinajstić information content (AvgIpc) is 2.20. The fourth-order valence-corrected chi connectivity index (χ4v) is 1.48. The van der Waals surface area contributed by atoms with Gasteiger partial charge < -0.3 is 11.1 Å². The second-order valence-corrected chi connectivity index (χ2v) is 3.93. The van der Waals surface area contributed by atoms with Crippen LogP contribution in [-0.4, -0.2) is 18.9 Å². The van der Waals surface area contributed by atoms with Crippen LogP contribution in [0.25, 0.3) is 0 Å². The van der Waals surface area contributed by atoms with Gasteiger partial charge in [0.25, 0.3) is 0 Å². The Morgan fingerprint density at radius 3 is 2.79 bits per heavy atom. The standard InChI is InChI=1S/C10H13BrN2O/c1-6(13-2)10(14)7-4-3-5-8(11)9(7)12/h3-6,13H,12H2,1-2H3. The molecule has 0 aromatic heterocycles. The quantitative estimate of drug-likeness (QED) is 0.641. The highest BCUT2D eigenvalue weighted by atomic mass is 79.9. The number of para-hydroxylation sites is 1. The van der Waals surface area contributed by atoms with Crippen LogP contribution in [-0.2, 0) is 0 Å². The van der Waals surface area contributed by atoms with Crippen LogP contribution in [0.1, 0.15) is 17.3 Å². The molecule has 1 rings (SSSR count). The number of ketones is 1. The van der Waals surface area contributed by atoms with Crippen molar-refractivity contribution >= 4 is 27.4 Å². The van der Waals surface area contributed by atoms with Crippen LogP contribution in [0.4, 0.5) is 5.69 Å². The normalized spacial score (nSPS) is 12.5. The average molecular weight is 257 g/mol. The molecule has 1 atom stereocenters. The van der Waals surface area contributed by atoms with Crippen LogP contribution in [0.15, 0.2) is 22.7 Å². The predicted molar refractivity (Wildman–Crippen MR) is 61.4 cm³/mol. The first-order valence-corrected chi connectivity index (χ1v) is 5.12. The number of carbonyl (C=O) groups is 1. The molecule has 3 N–H and O–H groups in total. The fourth-order valence-electron chi connectivity index (χ4n) is 1.12. The van der Waals surface area contributed by atoms with Gasteiger partial charge in [0.05, 0.1) is 11.7 Å². The summed E-state index contributed by atoms with van der Waals surface area (Å²) in [5.41, 5.74) is 6.84. The number of hydrogen-bond acceptors (Lipinski definition) is 3. The van der Waals surface area contributed by atoms with Crippen molar-refractivity contribution in [3.8, 4) is 0 Å². The van der Waals surface area contributed by atoms with Gasteiger partial charge in [0, 0.05) is 10.0 Å². The molecule has 0 fully saturated rings. The Labute approximate surface area is 91.8 Å². The van der Waals surface area contributed by atoms with Gasteiger partial charge >= 0.3 is 0 Å². The highest BCUT2D eigenvalue weighted by Crippen LogP contribution is 2.23. The number of anilines is 1. The van der Waals surface area contributed by atoms with Crippen LogP contribution >= 0.6 is 15.9 Å². The molecule has 4 heteroatoms. The first-order chi connectivity index (χ1) is 6.57. The maximum atomic E-state index is 11.8. The van der Waals surface area contributed by atoms with Crippen LogP contribution in [0, 0.1) is 0 Å². The minimum atomic E-state index is -0.216. The molecule has 0 aliphatic heterocycles. The monoisotopic (exact) mass is 256 g/mol. The second kappa shape index (κ2) is 4.57. The summed E-state index contributed by atoms with van der Waals surface area (Å²) < 4.78 is 0.756. The molecule has 0 heterocycles. The largest absolute Gasteiger partial charge is 0.397 e. The SMILES string of the molecule is CNC(C)C(=O)c1cccc(Br)c1N. The second-order valence-electron chi connectivity index (χ2n) is 3.08. The first-order valence-electron chi connectivity index (χ1n) is 4.33. The van der Waals surface area contributed by atoms with E-state index in [9.17, 15) is 4.79 Å². The summed E-state index contributed by atoms with van der Waals surface area (Å²) in [6, 6.07) is 5.13. The molecule has 0 aliphatic carbocycles. The third kappa shape index (κ3) is 2.13. The third-order valence-corrected chi connectivity index (χ3v) is 2.84. The highest BCUT2D eigenvalue weighted by molar-refractivity contribution is 9.10. The van der Waals surface area contributed by atoms with Gasteiger partial charge in [-0.2, -0.15) is 0 Å². The molecule has 0 spiro atoms. The van der Waals surface area contributed by atoms with Gasteiger partial charge in [0.1, 0.15) is 0 Å². The number of likely N-dealkylation sites (N-methyl/N-ethyl adjacent to an activating group) is 1. The summed E-state index contributed by atoms with van der Waals surface area (Å²) in [6.45, 7) is 1.81. The molecule has 1 unspecified atom stereocenters. The highest BCUT2D eigenvalue weighted by Gasteiger charge is 2.16. The van der Waals surface area contributed by atoms with Crippen molar-refractivity contribution in [3.05, 3.63) is 28.2 Å². The van der Waals surface area contributed by atoms with E-state index in [1.165, 1.54) is 0 Å². The molecule has 0 saturated carbocycles. The lowest BCUT2D eigenvalue weighted by Gasteiger charge is -2.11. The smallest absolute Gasteiger partial charge is 0.181 e. The van der Waals surface area contributed by atoms with Gasteiger partial charge in [0.15, 0.2) is 5.78 Å². The van der Waals surface area contributed by atoms with E-state index in [0.29, 0.717) is 11.3 Å². The minimum Gasteiger partial charge on any atom is -0.397 e. The molecular weight excluding hydrogens is 244 g/mol. The van der Waals surface area contributed by atoms with Crippen LogP contribution in [0.2, 0.25) is 0 Å². The van der Waals surface area contributed by atoms with Crippen LogP contribution < -0.4 is 11.1 Å². The van der Waals surface area contributed by atoms with E-state index in [0.717, 1.165) is 4.47 Å². The van der Waals surface area contributed by atoms with Gasteiger partial charge in [0.2, 0.25) is 0 Å². The predicted octanol–water partition coefficient (Wildman–Crippen LogP) is 1.82. The molecule has 0 saturated heterocycles. The van der Waals surface area contributed by atoms with Crippen molar-refractivity contribution in [2.24, 2.45) is 0 Å². The number of halogens is 1. The van der Waals surface area contributed by atoms with E-state index >= 15 is 0 Å². The van der Waals surface area contributed by atoms with E-state index in [-0.39, 0.29) is 11.8 Å². The van der Waals surface area contributed by atoms with Crippen LogP contribution in [0.3, 0.4) is 0 Å². The van der Waals surface area contributed by atoms with Gasteiger partial charge in [-0.25, -0.2) is 0 Å². The van der Waals surface area contributed by atoms with Crippen LogP contribution in [0.5, 0.6) is 0 Å². The Hall–Kier alpha value is -0.870. The van der Waals surface area contributed by atoms with E-state index in [4.69, 9.17) is 5.73 Å². The number of nitrogens with one attached hydrogen (secondary N) is 1. The summed E-state index contributed by atoms with van der Waals surface area (Å²) in [6.07, 6.45) is 0. The molecule has 1 aromatic rings. The van der Waals surface area contributed by atoms with Crippen molar-refractivity contribution in [3.63, 3.8) is 0 Å². The van der Waals surface area contributed by atoms with Crippen molar-refractivity contribution in [1.82, 2.24) is 5.32 Å². The van der Waals surface area contributed by atoms with Gasteiger partial charge in [-0.05, 0) is 42.0 Å². The molecule has 0 bridgehead atoms. The molecule has 3 nitrogen and oxygen atoms in total. The topological polar surface area (TPSA) is 55.1 Å². The molecule has 1 aromatic carbocycles. The molecule has 76 valence electrons. The number of hydrogen-bond donors (Lipinski definition) is 2. The van der Waals surface area contributed by atoms with Gasteiger partial charge in [-0.1, -0.05) is 6.07 Å². The fraction of sp³-hybridized carbons (Fsp3) is 0.300. The Morgan fingerprint density at radius 1 is 1.57 bits per heavy atom. The Kier molecular flexibility index (Phi) is 3.66. The Bertz CT molecular complexity index is 352. The summed E-state index contributed by atoms with van der Waals surface area (Å²) >= 11 is 3.29.